The number of nitrogen functional groups attached to an aromatic ring is 1. The summed E-state index contributed by atoms with van der Waals surface area (Å²) in [7, 11) is 0. The molecule has 2 rings (SSSR count). The zero-order chi connectivity index (χ0) is 13.2. The van der Waals surface area contributed by atoms with Crippen LogP contribution in [-0.4, -0.2) is 15.2 Å². The first-order valence-electron chi connectivity index (χ1n) is 4.90. The maximum atomic E-state index is 12.8. The van der Waals surface area contributed by atoms with Crippen molar-refractivity contribution in [3.8, 4) is 0 Å². The van der Waals surface area contributed by atoms with Crippen LogP contribution < -0.4 is 5.73 Å². The predicted octanol–water partition coefficient (Wildman–Crippen LogP) is 2.70. The Morgan fingerprint density at radius 2 is 2.11 bits per heavy atom. The molecule has 0 amide bonds. The summed E-state index contributed by atoms with van der Waals surface area (Å²) in [6.07, 6.45) is -3.11. The molecule has 1 aromatic carbocycles. The highest BCUT2D eigenvalue weighted by Crippen LogP contribution is 2.35. The van der Waals surface area contributed by atoms with Crippen LogP contribution in [0.5, 0.6) is 0 Å². The van der Waals surface area contributed by atoms with Crippen LogP contribution in [0, 0.1) is 0 Å². The number of aromatic amines is 1. The molecule has 8 heteroatoms. The molecule has 4 nitrogen and oxygen atoms in total. The summed E-state index contributed by atoms with van der Waals surface area (Å²) in [5, 5.41) is 6.67. The highest BCUT2D eigenvalue weighted by atomic mass is 32.2. The van der Waals surface area contributed by atoms with Crippen LogP contribution in [0.3, 0.4) is 0 Å². The molecular weight excluding hydrogens is 265 g/mol. The van der Waals surface area contributed by atoms with Crippen molar-refractivity contribution in [2.45, 2.75) is 17.1 Å². The average molecular weight is 274 g/mol. The highest BCUT2D eigenvalue weighted by molar-refractivity contribution is 7.98. The molecule has 0 saturated heterocycles. The average Bonchev–Trinajstić information content (AvgIpc) is 2.79. The number of nitrogens with one attached hydrogen (secondary N) is 1. The standard InChI is InChI=1S/C10H9F3N4S/c11-10(12,13)8-3-7(14)2-1-6(8)4-18-9-15-5-16-17-9/h1-3,5H,4,14H2,(H,15,16,17). The zero-order valence-corrected chi connectivity index (χ0v) is 9.85. The van der Waals surface area contributed by atoms with Crippen molar-refractivity contribution in [2.75, 3.05) is 5.73 Å². The monoisotopic (exact) mass is 274 g/mol. The fourth-order valence-electron chi connectivity index (χ4n) is 1.39. The van der Waals surface area contributed by atoms with Gasteiger partial charge in [0.2, 0.25) is 0 Å². The number of halogens is 3. The van der Waals surface area contributed by atoms with Crippen molar-refractivity contribution in [2.24, 2.45) is 0 Å². The van der Waals surface area contributed by atoms with E-state index < -0.39 is 11.7 Å². The van der Waals surface area contributed by atoms with Gasteiger partial charge in [0.05, 0.1) is 5.56 Å². The molecule has 0 aliphatic carbocycles. The van der Waals surface area contributed by atoms with Gasteiger partial charge in [-0.05, 0) is 17.7 Å². The second kappa shape index (κ2) is 4.89. The third kappa shape index (κ3) is 2.95. The minimum atomic E-state index is -4.41. The first kappa shape index (κ1) is 12.7. The Balaban J connectivity index is 2.22. The van der Waals surface area contributed by atoms with Crippen LogP contribution in [0.2, 0.25) is 0 Å². The smallest absolute Gasteiger partial charge is 0.399 e. The summed E-state index contributed by atoms with van der Waals surface area (Å²) in [6, 6.07) is 3.77. The second-order valence-electron chi connectivity index (χ2n) is 3.49. The Labute approximate surface area is 105 Å². The molecule has 18 heavy (non-hydrogen) atoms. The van der Waals surface area contributed by atoms with Crippen LogP contribution in [0.25, 0.3) is 0 Å². The number of aromatic nitrogens is 3. The van der Waals surface area contributed by atoms with Gasteiger partial charge in [-0.2, -0.15) is 18.3 Å². The second-order valence-corrected chi connectivity index (χ2v) is 4.46. The Bertz CT molecular complexity index is 524. The van der Waals surface area contributed by atoms with Gasteiger partial charge in [-0.1, -0.05) is 17.8 Å². The van der Waals surface area contributed by atoms with E-state index in [0.29, 0.717) is 5.16 Å². The molecule has 0 fully saturated rings. The molecule has 0 aliphatic heterocycles. The number of thioether (sulfide) groups is 1. The van der Waals surface area contributed by atoms with Gasteiger partial charge >= 0.3 is 6.18 Å². The van der Waals surface area contributed by atoms with E-state index in [1.54, 1.807) is 0 Å². The summed E-state index contributed by atoms with van der Waals surface area (Å²) in [6.45, 7) is 0. The van der Waals surface area contributed by atoms with Crippen LogP contribution >= 0.6 is 11.8 Å². The number of anilines is 1. The van der Waals surface area contributed by atoms with Crippen LogP contribution in [0.15, 0.2) is 29.7 Å². The maximum absolute atomic E-state index is 12.8. The Kier molecular flexibility index (Phi) is 3.46. The number of H-pyrrole nitrogens is 1. The Hall–Kier alpha value is -1.70. The van der Waals surface area contributed by atoms with Crippen molar-refractivity contribution in [3.05, 3.63) is 35.7 Å². The molecule has 2 aromatic rings. The topological polar surface area (TPSA) is 67.6 Å². The SMILES string of the molecule is Nc1ccc(CSc2ncn[nH]2)c(C(F)(F)F)c1. The van der Waals surface area contributed by atoms with Crippen LogP contribution in [0.4, 0.5) is 18.9 Å². The number of hydrogen-bond donors (Lipinski definition) is 2. The minimum absolute atomic E-state index is 0.0933. The number of hydrogen-bond acceptors (Lipinski definition) is 4. The largest absolute Gasteiger partial charge is 0.416 e. The quantitative estimate of drug-likeness (QED) is 0.667. The number of benzene rings is 1. The molecule has 0 radical (unpaired) electrons. The molecule has 0 spiro atoms. The molecule has 96 valence electrons. The van der Waals surface area contributed by atoms with Crippen molar-refractivity contribution in [1.82, 2.24) is 15.2 Å². The zero-order valence-electron chi connectivity index (χ0n) is 9.03. The van der Waals surface area contributed by atoms with Gasteiger partial charge in [0.1, 0.15) is 6.33 Å². The summed E-state index contributed by atoms with van der Waals surface area (Å²) < 4.78 is 38.4. The first-order chi connectivity index (χ1) is 8.47. The molecular formula is C10H9F3N4S. The van der Waals surface area contributed by atoms with E-state index in [2.05, 4.69) is 15.2 Å². The summed E-state index contributed by atoms with van der Waals surface area (Å²) >= 11 is 1.15. The molecule has 0 atom stereocenters. The van der Waals surface area contributed by atoms with Gasteiger partial charge < -0.3 is 5.73 Å². The fraction of sp³-hybridized carbons (Fsp3) is 0.200. The first-order valence-corrected chi connectivity index (χ1v) is 5.89. The van der Waals surface area contributed by atoms with Crippen molar-refractivity contribution < 1.29 is 13.2 Å². The van der Waals surface area contributed by atoms with Gasteiger partial charge in [-0.25, -0.2) is 4.98 Å². The van der Waals surface area contributed by atoms with E-state index >= 15 is 0 Å². The molecule has 3 N–H and O–H groups in total. The van der Waals surface area contributed by atoms with Crippen molar-refractivity contribution in [1.29, 1.82) is 0 Å². The van der Waals surface area contributed by atoms with Crippen LogP contribution in [-0.2, 0) is 11.9 Å². The minimum Gasteiger partial charge on any atom is -0.399 e. The van der Waals surface area contributed by atoms with E-state index in [-0.39, 0.29) is 17.0 Å². The molecule has 0 saturated carbocycles. The van der Waals surface area contributed by atoms with Crippen LogP contribution in [0.1, 0.15) is 11.1 Å². The molecule has 1 aromatic heterocycles. The fourth-order valence-corrected chi connectivity index (χ4v) is 2.18. The van der Waals surface area contributed by atoms with E-state index in [1.165, 1.54) is 18.5 Å². The summed E-state index contributed by atoms with van der Waals surface area (Å²) in [5.41, 5.74) is 4.92. The number of rotatable bonds is 3. The third-order valence-corrected chi connectivity index (χ3v) is 3.12. The van der Waals surface area contributed by atoms with Gasteiger partial charge in [-0.15, -0.1) is 0 Å². The lowest BCUT2D eigenvalue weighted by atomic mass is 10.1. The third-order valence-electron chi connectivity index (χ3n) is 2.20. The van der Waals surface area contributed by atoms with Crippen molar-refractivity contribution in [3.63, 3.8) is 0 Å². The van der Waals surface area contributed by atoms with Gasteiger partial charge in [0.25, 0.3) is 0 Å². The molecule has 0 bridgehead atoms. The lowest BCUT2D eigenvalue weighted by molar-refractivity contribution is -0.138. The summed E-state index contributed by atoms with van der Waals surface area (Å²) in [5.74, 6) is 0.143. The summed E-state index contributed by atoms with van der Waals surface area (Å²) in [4.78, 5) is 3.83. The molecule has 1 heterocycles. The highest BCUT2D eigenvalue weighted by Gasteiger charge is 2.33. The normalized spacial score (nSPS) is 11.7. The predicted molar refractivity (Wildman–Crippen MR) is 61.8 cm³/mol. The van der Waals surface area contributed by atoms with Gasteiger partial charge in [0, 0.05) is 11.4 Å². The van der Waals surface area contributed by atoms with E-state index in [0.717, 1.165) is 17.8 Å². The van der Waals surface area contributed by atoms with Crippen molar-refractivity contribution >= 4 is 17.4 Å². The van der Waals surface area contributed by atoms with E-state index in [9.17, 15) is 13.2 Å². The van der Waals surface area contributed by atoms with E-state index in [4.69, 9.17) is 5.73 Å². The molecule has 0 aliphatic rings. The van der Waals surface area contributed by atoms with Gasteiger partial charge in [0.15, 0.2) is 5.16 Å². The molecule has 0 unspecified atom stereocenters. The lowest BCUT2D eigenvalue weighted by Crippen LogP contribution is -2.09. The van der Waals surface area contributed by atoms with E-state index in [1.807, 2.05) is 0 Å². The number of nitrogens with two attached hydrogens (primary N) is 1. The number of alkyl halides is 3. The Morgan fingerprint density at radius 3 is 2.72 bits per heavy atom. The Morgan fingerprint density at radius 1 is 1.33 bits per heavy atom. The number of nitrogens with zero attached hydrogens (tertiary/aromatic N) is 2. The lowest BCUT2D eigenvalue weighted by Gasteiger charge is -2.12. The van der Waals surface area contributed by atoms with Gasteiger partial charge in [-0.3, -0.25) is 5.10 Å². The maximum Gasteiger partial charge on any atom is 0.416 e.